The highest BCUT2D eigenvalue weighted by atomic mass is 15.3. The third kappa shape index (κ3) is 1.75. The Morgan fingerprint density at radius 2 is 2.24 bits per heavy atom. The van der Waals surface area contributed by atoms with Crippen molar-refractivity contribution in [2.75, 3.05) is 5.73 Å². The van der Waals surface area contributed by atoms with Gasteiger partial charge in [0.2, 0.25) is 5.65 Å². The Morgan fingerprint density at radius 3 is 3.06 bits per heavy atom. The molecule has 1 fully saturated rings. The van der Waals surface area contributed by atoms with E-state index < -0.39 is 0 Å². The number of fused-ring (bicyclic) bond motifs is 1. The third-order valence-electron chi connectivity index (χ3n) is 3.68. The van der Waals surface area contributed by atoms with Crippen molar-refractivity contribution in [3.05, 3.63) is 18.2 Å². The van der Waals surface area contributed by atoms with Crippen molar-refractivity contribution in [1.29, 1.82) is 0 Å². The fourth-order valence-corrected chi connectivity index (χ4v) is 2.81. The van der Waals surface area contributed by atoms with E-state index in [1.54, 1.807) is 6.20 Å². The summed E-state index contributed by atoms with van der Waals surface area (Å²) in [7, 11) is 0. The molecule has 2 atom stereocenters. The molecule has 2 N–H and O–H groups in total. The van der Waals surface area contributed by atoms with Gasteiger partial charge in [0.15, 0.2) is 5.82 Å². The standard InChI is InChI=1S/C12H17N5/c1-8-3-2-4-9(7-8)11-15-16-12-10(13)14-5-6-17(11)12/h5-6,8-9H,2-4,7H2,1H3,(H2,13,14)/t8-,9+/m0/s1. The lowest BCUT2D eigenvalue weighted by molar-refractivity contribution is 0.334. The Labute approximate surface area is 100 Å². The van der Waals surface area contributed by atoms with Crippen LogP contribution in [0.25, 0.3) is 5.65 Å². The van der Waals surface area contributed by atoms with E-state index in [1.165, 1.54) is 25.7 Å². The summed E-state index contributed by atoms with van der Waals surface area (Å²) in [5.74, 6) is 2.78. The first-order valence-corrected chi connectivity index (χ1v) is 6.21. The summed E-state index contributed by atoms with van der Waals surface area (Å²) in [6.07, 6.45) is 8.62. The monoisotopic (exact) mass is 231 g/mol. The smallest absolute Gasteiger partial charge is 0.203 e. The molecule has 90 valence electrons. The van der Waals surface area contributed by atoms with Crippen molar-refractivity contribution in [2.45, 2.75) is 38.5 Å². The van der Waals surface area contributed by atoms with Crippen molar-refractivity contribution in [2.24, 2.45) is 5.92 Å². The van der Waals surface area contributed by atoms with Gasteiger partial charge in [-0.15, -0.1) is 10.2 Å². The molecule has 3 rings (SSSR count). The Morgan fingerprint density at radius 1 is 1.35 bits per heavy atom. The Bertz CT molecular complexity index is 533. The minimum atomic E-state index is 0.454. The maximum Gasteiger partial charge on any atom is 0.203 e. The van der Waals surface area contributed by atoms with Crippen molar-refractivity contribution < 1.29 is 0 Å². The van der Waals surface area contributed by atoms with Crippen molar-refractivity contribution in [1.82, 2.24) is 19.6 Å². The zero-order valence-electron chi connectivity index (χ0n) is 10.0. The quantitative estimate of drug-likeness (QED) is 0.815. The molecular weight excluding hydrogens is 214 g/mol. The fraction of sp³-hybridized carbons (Fsp3) is 0.583. The first kappa shape index (κ1) is 10.5. The summed E-state index contributed by atoms with van der Waals surface area (Å²) in [6.45, 7) is 2.31. The number of hydrogen-bond acceptors (Lipinski definition) is 4. The van der Waals surface area contributed by atoms with Gasteiger partial charge in [-0.2, -0.15) is 0 Å². The number of nitrogen functional groups attached to an aromatic ring is 1. The van der Waals surface area contributed by atoms with E-state index >= 15 is 0 Å². The molecule has 0 amide bonds. The molecule has 1 aliphatic carbocycles. The van der Waals surface area contributed by atoms with Gasteiger partial charge in [0.25, 0.3) is 0 Å². The summed E-state index contributed by atoms with van der Waals surface area (Å²) >= 11 is 0. The first-order chi connectivity index (χ1) is 8.25. The highest BCUT2D eigenvalue weighted by molar-refractivity contribution is 5.58. The van der Waals surface area contributed by atoms with E-state index in [4.69, 9.17) is 5.73 Å². The van der Waals surface area contributed by atoms with Crippen molar-refractivity contribution >= 4 is 11.5 Å². The van der Waals surface area contributed by atoms with Crippen LogP contribution in [-0.4, -0.2) is 19.6 Å². The topological polar surface area (TPSA) is 69.1 Å². The highest BCUT2D eigenvalue weighted by Gasteiger charge is 2.24. The second-order valence-corrected chi connectivity index (χ2v) is 5.03. The lowest BCUT2D eigenvalue weighted by Gasteiger charge is -2.25. The van der Waals surface area contributed by atoms with Gasteiger partial charge in [-0.3, -0.25) is 4.40 Å². The molecule has 17 heavy (non-hydrogen) atoms. The van der Waals surface area contributed by atoms with E-state index in [0.717, 1.165) is 11.7 Å². The van der Waals surface area contributed by atoms with E-state index in [2.05, 4.69) is 22.1 Å². The lowest BCUT2D eigenvalue weighted by atomic mass is 9.82. The largest absolute Gasteiger partial charge is 0.381 e. The molecule has 0 saturated heterocycles. The van der Waals surface area contributed by atoms with Gasteiger partial charge in [-0.05, 0) is 18.8 Å². The van der Waals surface area contributed by atoms with Gasteiger partial charge < -0.3 is 5.73 Å². The van der Waals surface area contributed by atoms with Crippen molar-refractivity contribution in [3.8, 4) is 0 Å². The third-order valence-corrected chi connectivity index (χ3v) is 3.68. The van der Waals surface area contributed by atoms with Gasteiger partial charge in [-0.1, -0.05) is 19.8 Å². The summed E-state index contributed by atoms with van der Waals surface area (Å²) < 4.78 is 1.99. The van der Waals surface area contributed by atoms with E-state index in [0.29, 0.717) is 17.4 Å². The normalized spacial score (nSPS) is 25.2. The molecule has 0 radical (unpaired) electrons. The molecule has 5 heteroatoms. The van der Waals surface area contributed by atoms with Crippen LogP contribution in [0, 0.1) is 5.92 Å². The molecule has 2 aromatic rings. The van der Waals surface area contributed by atoms with E-state index in [-0.39, 0.29) is 0 Å². The van der Waals surface area contributed by atoms with Crippen LogP contribution in [0.5, 0.6) is 0 Å². The molecular formula is C12H17N5. The minimum Gasteiger partial charge on any atom is -0.381 e. The number of aromatic nitrogens is 4. The Hall–Kier alpha value is -1.65. The first-order valence-electron chi connectivity index (χ1n) is 6.21. The summed E-state index contributed by atoms with van der Waals surface area (Å²) in [6, 6.07) is 0. The SMILES string of the molecule is C[C@H]1CCC[C@@H](c2nnc3c(N)nccn23)C1. The van der Waals surface area contributed by atoms with E-state index in [1.807, 2.05) is 10.6 Å². The van der Waals surface area contributed by atoms with Crippen LogP contribution in [0.4, 0.5) is 5.82 Å². The number of nitrogens with two attached hydrogens (primary N) is 1. The van der Waals surface area contributed by atoms with Crippen LogP contribution in [0.2, 0.25) is 0 Å². The van der Waals surface area contributed by atoms with E-state index in [9.17, 15) is 0 Å². The molecule has 0 aliphatic heterocycles. The molecule has 5 nitrogen and oxygen atoms in total. The summed E-state index contributed by atoms with van der Waals surface area (Å²) in [5, 5.41) is 8.45. The molecule has 0 spiro atoms. The second kappa shape index (κ2) is 3.98. The number of rotatable bonds is 1. The van der Waals surface area contributed by atoms with Gasteiger partial charge in [-0.25, -0.2) is 4.98 Å². The number of nitrogens with zero attached hydrogens (tertiary/aromatic N) is 4. The Balaban J connectivity index is 2.02. The van der Waals surface area contributed by atoms with Crippen LogP contribution in [0.1, 0.15) is 44.3 Å². The maximum absolute atomic E-state index is 5.79. The molecule has 0 unspecified atom stereocenters. The molecule has 1 aliphatic rings. The fourth-order valence-electron chi connectivity index (χ4n) is 2.81. The van der Waals surface area contributed by atoms with Gasteiger partial charge >= 0.3 is 0 Å². The van der Waals surface area contributed by atoms with Crippen LogP contribution in [0.3, 0.4) is 0 Å². The van der Waals surface area contributed by atoms with Crippen LogP contribution in [0.15, 0.2) is 12.4 Å². The van der Waals surface area contributed by atoms with Gasteiger partial charge in [0, 0.05) is 18.3 Å². The molecule has 2 heterocycles. The highest BCUT2D eigenvalue weighted by Crippen LogP contribution is 2.35. The maximum atomic E-state index is 5.79. The Kier molecular flexibility index (Phi) is 2.46. The molecule has 0 aromatic carbocycles. The van der Waals surface area contributed by atoms with Crippen molar-refractivity contribution in [3.63, 3.8) is 0 Å². The number of hydrogen-bond donors (Lipinski definition) is 1. The zero-order chi connectivity index (χ0) is 11.8. The zero-order valence-corrected chi connectivity index (χ0v) is 10.0. The minimum absolute atomic E-state index is 0.454. The van der Waals surface area contributed by atoms with Gasteiger partial charge in [0.1, 0.15) is 5.82 Å². The predicted molar refractivity (Wildman–Crippen MR) is 65.6 cm³/mol. The molecule has 0 bridgehead atoms. The van der Waals surface area contributed by atoms with Crippen LogP contribution < -0.4 is 5.73 Å². The average molecular weight is 231 g/mol. The van der Waals surface area contributed by atoms with Gasteiger partial charge in [0.05, 0.1) is 0 Å². The lowest BCUT2D eigenvalue weighted by Crippen LogP contribution is -2.14. The molecule has 2 aromatic heterocycles. The van der Waals surface area contributed by atoms with Crippen LogP contribution >= 0.6 is 0 Å². The summed E-state index contributed by atoms with van der Waals surface area (Å²) in [4.78, 5) is 4.04. The summed E-state index contributed by atoms with van der Waals surface area (Å²) in [5.41, 5.74) is 6.47. The second-order valence-electron chi connectivity index (χ2n) is 5.03. The molecule has 1 saturated carbocycles. The number of anilines is 1. The predicted octanol–water partition coefficient (Wildman–Crippen LogP) is 2.00. The van der Waals surface area contributed by atoms with Crippen LogP contribution in [-0.2, 0) is 0 Å². The average Bonchev–Trinajstić information content (AvgIpc) is 2.74.